The lowest BCUT2D eigenvalue weighted by molar-refractivity contribution is -0.159. The first-order valence-corrected chi connectivity index (χ1v) is 6.23. The van der Waals surface area contributed by atoms with E-state index in [0.29, 0.717) is 24.5 Å². The molecule has 0 aromatic heterocycles. The van der Waals surface area contributed by atoms with Crippen molar-refractivity contribution in [2.75, 3.05) is 20.3 Å². The SMILES string of the molecule is COCCOc1ccccc1C1(O)CC(C(=O)O)C1. The zero-order chi connectivity index (χ0) is 13.9. The molecule has 0 amide bonds. The summed E-state index contributed by atoms with van der Waals surface area (Å²) in [4.78, 5) is 10.8. The van der Waals surface area contributed by atoms with Crippen LogP contribution in [0.2, 0.25) is 0 Å². The monoisotopic (exact) mass is 266 g/mol. The molecule has 0 aliphatic heterocycles. The normalized spacial score (nSPS) is 25.7. The summed E-state index contributed by atoms with van der Waals surface area (Å²) in [5.41, 5.74) is -0.434. The van der Waals surface area contributed by atoms with Crippen LogP contribution in [0.4, 0.5) is 0 Å². The van der Waals surface area contributed by atoms with Gasteiger partial charge in [-0.25, -0.2) is 0 Å². The summed E-state index contributed by atoms with van der Waals surface area (Å²) < 4.78 is 10.5. The van der Waals surface area contributed by atoms with Crippen molar-refractivity contribution in [2.24, 2.45) is 5.92 Å². The number of carbonyl (C=O) groups is 1. The summed E-state index contributed by atoms with van der Waals surface area (Å²) in [6, 6.07) is 7.18. The standard InChI is InChI=1S/C14H18O5/c1-18-6-7-19-12-5-3-2-4-11(12)14(17)8-10(9-14)13(15)16/h2-5,10,17H,6-9H2,1H3,(H,15,16). The molecule has 1 fully saturated rings. The highest BCUT2D eigenvalue weighted by Gasteiger charge is 2.48. The van der Waals surface area contributed by atoms with E-state index in [1.54, 1.807) is 19.2 Å². The van der Waals surface area contributed by atoms with Crippen LogP contribution in [-0.4, -0.2) is 36.5 Å². The van der Waals surface area contributed by atoms with Crippen LogP contribution in [0.1, 0.15) is 18.4 Å². The number of para-hydroxylation sites is 1. The molecule has 0 atom stereocenters. The number of aliphatic hydroxyl groups is 1. The van der Waals surface area contributed by atoms with Gasteiger partial charge in [-0.05, 0) is 18.9 Å². The molecule has 1 aromatic rings. The molecule has 19 heavy (non-hydrogen) atoms. The highest BCUT2D eigenvalue weighted by atomic mass is 16.5. The topological polar surface area (TPSA) is 76.0 Å². The van der Waals surface area contributed by atoms with E-state index in [1.807, 2.05) is 12.1 Å². The van der Waals surface area contributed by atoms with Gasteiger partial charge in [-0.15, -0.1) is 0 Å². The second kappa shape index (κ2) is 5.59. The Morgan fingerprint density at radius 3 is 2.68 bits per heavy atom. The smallest absolute Gasteiger partial charge is 0.306 e. The van der Waals surface area contributed by atoms with Crippen molar-refractivity contribution in [3.05, 3.63) is 29.8 Å². The van der Waals surface area contributed by atoms with Gasteiger partial charge in [-0.2, -0.15) is 0 Å². The van der Waals surface area contributed by atoms with Crippen LogP contribution >= 0.6 is 0 Å². The van der Waals surface area contributed by atoms with Crippen LogP contribution in [0.5, 0.6) is 5.75 Å². The third kappa shape index (κ3) is 2.88. The molecule has 2 N–H and O–H groups in total. The lowest BCUT2D eigenvalue weighted by atomic mass is 9.67. The molecule has 0 radical (unpaired) electrons. The lowest BCUT2D eigenvalue weighted by Crippen LogP contribution is -2.44. The van der Waals surface area contributed by atoms with Gasteiger partial charge in [0.05, 0.1) is 18.1 Å². The van der Waals surface area contributed by atoms with E-state index in [-0.39, 0.29) is 12.8 Å². The van der Waals surface area contributed by atoms with Crippen LogP contribution in [0, 0.1) is 5.92 Å². The zero-order valence-corrected chi connectivity index (χ0v) is 10.8. The van der Waals surface area contributed by atoms with Gasteiger partial charge in [-0.3, -0.25) is 4.79 Å². The van der Waals surface area contributed by atoms with Crippen LogP contribution < -0.4 is 4.74 Å². The summed E-state index contributed by atoms with van der Waals surface area (Å²) in [5.74, 6) is -0.745. The Labute approximate surface area is 111 Å². The van der Waals surface area contributed by atoms with Crippen molar-refractivity contribution in [3.8, 4) is 5.75 Å². The van der Waals surface area contributed by atoms with Gasteiger partial charge in [0, 0.05) is 12.7 Å². The van der Waals surface area contributed by atoms with Gasteiger partial charge >= 0.3 is 5.97 Å². The molecule has 104 valence electrons. The molecule has 0 unspecified atom stereocenters. The molecule has 5 heteroatoms. The Morgan fingerprint density at radius 2 is 2.05 bits per heavy atom. The highest BCUT2D eigenvalue weighted by molar-refractivity contribution is 5.72. The van der Waals surface area contributed by atoms with Crippen molar-refractivity contribution in [1.29, 1.82) is 0 Å². The summed E-state index contributed by atoms with van der Waals surface area (Å²) in [6.07, 6.45) is 0.458. The Bertz CT molecular complexity index is 451. The molecule has 0 heterocycles. The van der Waals surface area contributed by atoms with Crippen molar-refractivity contribution in [3.63, 3.8) is 0 Å². The first-order chi connectivity index (χ1) is 9.07. The number of hydrogen-bond donors (Lipinski definition) is 2. The van der Waals surface area contributed by atoms with Crippen molar-refractivity contribution in [2.45, 2.75) is 18.4 Å². The number of methoxy groups -OCH3 is 1. The largest absolute Gasteiger partial charge is 0.491 e. The number of aliphatic carboxylic acids is 1. The third-order valence-corrected chi connectivity index (χ3v) is 3.45. The summed E-state index contributed by atoms with van der Waals surface area (Å²) >= 11 is 0. The molecule has 0 saturated heterocycles. The summed E-state index contributed by atoms with van der Waals surface area (Å²) in [6.45, 7) is 0.858. The number of carboxylic acids is 1. The van der Waals surface area contributed by atoms with Gasteiger partial charge < -0.3 is 19.7 Å². The molecule has 1 aliphatic carbocycles. The number of hydrogen-bond acceptors (Lipinski definition) is 4. The molecular formula is C14H18O5. The zero-order valence-electron chi connectivity index (χ0n) is 10.8. The quantitative estimate of drug-likeness (QED) is 0.761. The second-order valence-electron chi connectivity index (χ2n) is 4.81. The Morgan fingerprint density at radius 1 is 1.37 bits per heavy atom. The van der Waals surface area contributed by atoms with Crippen molar-refractivity contribution < 1.29 is 24.5 Å². The number of carboxylic acid groups (broad SMARTS) is 1. The predicted octanol–water partition coefficient (Wildman–Crippen LogP) is 1.39. The van der Waals surface area contributed by atoms with Crippen LogP contribution in [-0.2, 0) is 15.1 Å². The molecule has 1 aromatic carbocycles. The summed E-state index contributed by atoms with van der Waals surface area (Å²) in [5, 5.41) is 19.4. The molecule has 0 spiro atoms. The van der Waals surface area contributed by atoms with E-state index in [2.05, 4.69) is 0 Å². The first kappa shape index (κ1) is 13.8. The van der Waals surface area contributed by atoms with E-state index < -0.39 is 17.5 Å². The van der Waals surface area contributed by atoms with Crippen LogP contribution in [0.25, 0.3) is 0 Å². The molecule has 5 nitrogen and oxygen atoms in total. The summed E-state index contributed by atoms with van der Waals surface area (Å²) in [7, 11) is 1.59. The van der Waals surface area contributed by atoms with E-state index >= 15 is 0 Å². The van der Waals surface area contributed by atoms with E-state index in [9.17, 15) is 9.90 Å². The number of benzene rings is 1. The van der Waals surface area contributed by atoms with E-state index in [0.717, 1.165) is 0 Å². The fourth-order valence-corrected chi connectivity index (χ4v) is 2.36. The van der Waals surface area contributed by atoms with Gasteiger partial charge in [-0.1, -0.05) is 18.2 Å². The molecule has 1 saturated carbocycles. The maximum Gasteiger partial charge on any atom is 0.306 e. The Balaban J connectivity index is 2.10. The van der Waals surface area contributed by atoms with E-state index in [4.69, 9.17) is 14.6 Å². The molecule has 2 rings (SSSR count). The van der Waals surface area contributed by atoms with Crippen molar-refractivity contribution >= 4 is 5.97 Å². The Hall–Kier alpha value is -1.59. The molecular weight excluding hydrogens is 248 g/mol. The van der Waals surface area contributed by atoms with Crippen LogP contribution in [0.3, 0.4) is 0 Å². The minimum atomic E-state index is -1.09. The van der Waals surface area contributed by atoms with Gasteiger partial charge in [0.15, 0.2) is 0 Å². The number of rotatable bonds is 6. The van der Waals surface area contributed by atoms with Crippen molar-refractivity contribution in [1.82, 2.24) is 0 Å². The lowest BCUT2D eigenvalue weighted by Gasteiger charge is -2.42. The minimum absolute atomic E-state index is 0.229. The second-order valence-corrected chi connectivity index (χ2v) is 4.81. The average molecular weight is 266 g/mol. The number of ether oxygens (including phenoxy) is 2. The maximum atomic E-state index is 10.8. The van der Waals surface area contributed by atoms with E-state index in [1.165, 1.54) is 0 Å². The van der Waals surface area contributed by atoms with Crippen LogP contribution in [0.15, 0.2) is 24.3 Å². The highest BCUT2D eigenvalue weighted by Crippen LogP contribution is 2.48. The molecule has 0 bridgehead atoms. The fraction of sp³-hybridized carbons (Fsp3) is 0.500. The maximum absolute atomic E-state index is 10.8. The van der Waals surface area contributed by atoms with Gasteiger partial charge in [0.1, 0.15) is 12.4 Å². The average Bonchev–Trinajstić information content (AvgIpc) is 2.36. The first-order valence-electron chi connectivity index (χ1n) is 6.23. The minimum Gasteiger partial charge on any atom is -0.491 e. The molecule has 1 aliphatic rings. The van der Waals surface area contributed by atoms with Gasteiger partial charge in [0.25, 0.3) is 0 Å². The van der Waals surface area contributed by atoms with Gasteiger partial charge in [0.2, 0.25) is 0 Å². The fourth-order valence-electron chi connectivity index (χ4n) is 2.36. The predicted molar refractivity (Wildman–Crippen MR) is 68.1 cm³/mol. The third-order valence-electron chi connectivity index (χ3n) is 3.45. The Kier molecular flexibility index (Phi) is 4.07.